The molecule has 2 fully saturated rings. The predicted molar refractivity (Wildman–Crippen MR) is 84.0 cm³/mol. The third-order valence-electron chi connectivity index (χ3n) is 4.12. The van der Waals surface area contributed by atoms with Crippen molar-refractivity contribution in [2.75, 3.05) is 5.75 Å². The van der Waals surface area contributed by atoms with Crippen LogP contribution in [0.4, 0.5) is 0 Å². The summed E-state index contributed by atoms with van der Waals surface area (Å²) >= 11 is 8.33. The molecule has 0 amide bonds. The molecule has 0 unspecified atom stereocenters. The van der Waals surface area contributed by atoms with E-state index >= 15 is 0 Å². The van der Waals surface area contributed by atoms with Crippen LogP contribution in [0.1, 0.15) is 44.1 Å². The van der Waals surface area contributed by atoms with Gasteiger partial charge in [0.05, 0.1) is 5.02 Å². The van der Waals surface area contributed by atoms with Crippen molar-refractivity contribution in [2.45, 2.75) is 56.0 Å². The van der Waals surface area contributed by atoms with Gasteiger partial charge in [-0.25, -0.2) is 0 Å². The van der Waals surface area contributed by atoms with Crippen molar-refractivity contribution >= 4 is 23.4 Å². The van der Waals surface area contributed by atoms with Crippen molar-refractivity contribution in [3.63, 3.8) is 0 Å². The SMILES string of the molecule is Clc1cc(CNC2CC2)ccc1SCC1CCCC1. The molecule has 2 aliphatic rings. The Morgan fingerprint density at radius 3 is 2.63 bits per heavy atom. The van der Waals surface area contributed by atoms with Gasteiger partial charge in [-0.15, -0.1) is 11.8 Å². The smallest absolute Gasteiger partial charge is 0.0545 e. The summed E-state index contributed by atoms with van der Waals surface area (Å²) in [6.45, 7) is 0.956. The molecule has 1 aromatic rings. The Hall–Kier alpha value is -0.180. The number of thioether (sulfide) groups is 1. The quantitative estimate of drug-likeness (QED) is 0.751. The van der Waals surface area contributed by atoms with Gasteiger partial charge < -0.3 is 5.32 Å². The van der Waals surface area contributed by atoms with Crippen LogP contribution in [0.15, 0.2) is 23.1 Å². The lowest BCUT2D eigenvalue weighted by Crippen LogP contribution is -2.15. The third-order valence-corrected chi connectivity index (χ3v) is 5.85. The molecule has 1 nitrogen and oxygen atoms in total. The fourth-order valence-electron chi connectivity index (χ4n) is 2.71. The van der Waals surface area contributed by atoms with Crippen molar-refractivity contribution < 1.29 is 0 Å². The minimum Gasteiger partial charge on any atom is -0.310 e. The van der Waals surface area contributed by atoms with Crippen LogP contribution in [0, 0.1) is 5.92 Å². The van der Waals surface area contributed by atoms with E-state index in [0.717, 1.165) is 23.5 Å². The molecule has 0 heterocycles. The summed E-state index contributed by atoms with van der Waals surface area (Å²) in [6.07, 6.45) is 8.34. The van der Waals surface area contributed by atoms with E-state index in [1.54, 1.807) is 0 Å². The first-order valence-electron chi connectivity index (χ1n) is 7.46. The number of hydrogen-bond acceptors (Lipinski definition) is 2. The molecule has 1 aromatic carbocycles. The fraction of sp³-hybridized carbons (Fsp3) is 0.625. The zero-order valence-corrected chi connectivity index (χ0v) is 12.9. The Balaban J connectivity index is 1.52. The molecule has 3 heteroatoms. The maximum Gasteiger partial charge on any atom is 0.0545 e. The molecule has 2 saturated carbocycles. The highest BCUT2D eigenvalue weighted by molar-refractivity contribution is 7.99. The predicted octanol–water partition coefficient (Wildman–Crippen LogP) is 4.87. The monoisotopic (exact) mass is 295 g/mol. The summed E-state index contributed by atoms with van der Waals surface area (Å²) in [6, 6.07) is 7.31. The summed E-state index contributed by atoms with van der Waals surface area (Å²) < 4.78 is 0. The van der Waals surface area contributed by atoms with Gasteiger partial charge in [0, 0.05) is 23.2 Å². The van der Waals surface area contributed by atoms with Crippen molar-refractivity contribution in [3.05, 3.63) is 28.8 Å². The highest BCUT2D eigenvalue weighted by Crippen LogP contribution is 2.34. The van der Waals surface area contributed by atoms with Crippen LogP contribution in [-0.4, -0.2) is 11.8 Å². The number of halogens is 1. The summed E-state index contributed by atoms with van der Waals surface area (Å²) in [5, 5.41) is 4.46. The second kappa shape index (κ2) is 6.51. The van der Waals surface area contributed by atoms with E-state index < -0.39 is 0 Å². The molecule has 0 aliphatic heterocycles. The van der Waals surface area contributed by atoms with Crippen molar-refractivity contribution in [1.82, 2.24) is 5.32 Å². The van der Waals surface area contributed by atoms with Gasteiger partial charge in [0.1, 0.15) is 0 Å². The Labute approximate surface area is 125 Å². The summed E-state index contributed by atoms with van der Waals surface area (Å²) in [5.41, 5.74) is 1.31. The lowest BCUT2D eigenvalue weighted by Gasteiger charge is -2.11. The van der Waals surface area contributed by atoms with Crippen LogP contribution in [0.5, 0.6) is 0 Å². The first-order chi connectivity index (χ1) is 9.31. The average Bonchev–Trinajstić information content (AvgIpc) is 3.10. The van der Waals surface area contributed by atoms with Gasteiger partial charge in [-0.1, -0.05) is 30.5 Å². The van der Waals surface area contributed by atoms with Crippen LogP contribution in [0.2, 0.25) is 5.02 Å². The Morgan fingerprint density at radius 2 is 1.95 bits per heavy atom. The van der Waals surface area contributed by atoms with Gasteiger partial charge >= 0.3 is 0 Å². The highest BCUT2D eigenvalue weighted by Gasteiger charge is 2.20. The van der Waals surface area contributed by atoms with Crippen molar-refractivity contribution in [3.8, 4) is 0 Å². The fourth-order valence-corrected chi connectivity index (χ4v) is 4.18. The van der Waals surface area contributed by atoms with E-state index in [9.17, 15) is 0 Å². The van der Waals surface area contributed by atoms with Gasteiger partial charge in [0.2, 0.25) is 0 Å². The molecule has 0 atom stereocenters. The van der Waals surface area contributed by atoms with E-state index in [1.807, 2.05) is 11.8 Å². The third kappa shape index (κ3) is 4.14. The molecule has 19 heavy (non-hydrogen) atoms. The van der Waals surface area contributed by atoms with Crippen LogP contribution in [0.25, 0.3) is 0 Å². The molecular formula is C16H22ClNS. The summed E-state index contributed by atoms with van der Waals surface area (Å²) in [7, 11) is 0. The van der Waals surface area contributed by atoms with E-state index in [4.69, 9.17) is 11.6 Å². The van der Waals surface area contributed by atoms with E-state index in [1.165, 1.54) is 54.7 Å². The molecule has 3 rings (SSSR count). The Morgan fingerprint density at radius 1 is 1.16 bits per heavy atom. The van der Waals surface area contributed by atoms with E-state index in [-0.39, 0.29) is 0 Å². The van der Waals surface area contributed by atoms with Crippen LogP contribution >= 0.6 is 23.4 Å². The van der Waals surface area contributed by atoms with Crippen LogP contribution in [0.3, 0.4) is 0 Å². The topological polar surface area (TPSA) is 12.0 Å². The minimum absolute atomic E-state index is 0.759. The molecule has 2 aliphatic carbocycles. The number of hydrogen-bond donors (Lipinski definition) is 1. The van der Waals surface area contributed by atoms with Gasteiger partial charge in [0.15, 0.2) is 0 Å². The van der Waals surface area contributed by atoms with Gasteiger partial charge in [-0.05, 0) is 49.3 Å². The minimum atomic E-state index is 0.759. The first kappa shape index (κ1) is 13.8. The van der Waals surface area contributed by atoms with Crippen LogP contribution in [-0.2, 0) is 6.54 Å². The van der Waals surface area contributed by atoms with Gasteiger partial charge in [-0.2, -0.15) is 0 Å². The zero-order chi connectivity index (χ0) is 13.1. The number of nitrogens with one attached hydrogen (secondary N) is 1. The molecule has 0 bridgehead atoms. The molecule has 104 valence electrons. The molecule has 1 N–H and O–H groups in total. The molecular weight excluding hydrogens is 274 g/mol. The van der Waals surface area contributed by atoms with E-state index in [0.29, 0.717) is 0 Å². The second-order valence-corrected chi connectivity index (χ2v) is 7.35. The maximum atomic E-state index is 6.40. The van der Waals surface area contributed by atoms with Crippen molar-refractivity contribution in [2.24, 2.45) is 5.92 Å². The number of rotatable bonds is 6. The maximum absolute atomic E-state index is 6.40. The molecule has 0 spiro atoms. The normalized spacial score (nSPS) is 20.1. The first-order valence-corrected chi connectivity index (χ1v) is 8.82. The number of benzene rings is 1. The molecule has 0 saturated heterocycles. The molecule has 0 radical (unpaired) electrons. The Kier molecular flexibility index (Phi) is 4.73. The zero-order valence-electron chi connectivity index (χ0n) is 11.3. The lowest BCUT2D eigenvalue weighted by atomic mass is 10.1. The second-order valence-electron chi connectivity index (χ2n) is 5.88. The summed E-state index contributed by atoms with van der Waals surface area (Å²) in [5.74, 6) is 2.15. The average molecular weight is 296 g/mol. The standard InChI is InChI=1S/C16H22ClNS/c17-15-9-13(10-18-14-6-7-14)5-8-16(15)19-11-12-3-1-2-4-12/h5,8-9,12,14,18H,1-4,6-7,10-11H2. The highest BCUT2D eigenvalue weighted by atomic mass is 35.5. The Bertz CT molecular complexity index is 425. The van der Waals surface area contributed by atoms with E-state index in [2.05, 4.69) is 23.5 Å². The largest absolute Gasteiger partial charge is 0.310 e. The molecule has 0 aromatic heterocycles. The van der Waals surface area contributed by atoms with Gasteiger partial charge in [0.25, 0.3) is 0 Å². The summed E-state index contributed by atoms with van der Waals surface area (Å²) in [4.78, 5) is 1.25. The van der Waals surface area contributed by atoms with Gasteiger partial charge in [-0.3, -0.25) is 0 Å². The lowest BCUT2D eigenvalue weighted by molar-refractivity contribution is 0.623. The van der Waals surface area contributed by atoms with Crippen molar-refractivity contribution in [1.29, 1.82) is 0 Å². The van der Waals surface area contributed by atoms with Crippen LogP contribution < -0.4 is 5.32 Å².